The van der Waals surface area contributed by atoms with Gasteiger partial charge in [0.05, 0.1) is 0 Å². The minimum Gasteiger partial charge on any atom is -0.481 e. The van der Waals surface area contributed by atoms with Gasteiger partial charge in [-0.2, -0.15) is 0 Å². The summed E-state index contributed by atoms with van der Waals surface area (Å²) in [4.78, 5) is 23.3. The molecule has 0 aromatic heterocycles. The summed E-state index contributed by atoms with van der Waals surface area (Å²) < 4.78 is 6.02. The molecule has 0 bridgehead atoms. The second-order valence-electron chi connectivity index (χ2n) is 13.1. The zero-order chi connectivity index (χ0) is 33.6. The molecule has 0 aliphatic carbocycles. The first-order valence-corrected chi connectivity index (χ1v) is 19.6. The maximum atomic E-state index is 12.7. The third-order valence-corrected chi connectivity index (χ3v) is 8.57. The van der Waals surface area contributed by atoms with Crippen molar-refractivity contribution >= 4 is 11.9 Å². The van der Waals surface area contributed by atoms with Gasteiger partial charge in [0.15, 0.2) is 0 Å². The van der Waals surface area contributed by atoms with E-state index in [0.717, 1.165) is 83.5 Å². The zero-order valence-corrected chi connectivity index (χ0v) is 30.4. The molecular weight excluding hydrogens is 568 g/mol. The highest BCUT2D eigenvalue weighted by Gasteiger charge is 2.14. The lowest BCUT2D eigenvalue weighted by Crippen LogP contribution is -2.18. The van der Waals surface area contributed by atoms with Crippen molar-refractivity contribution in [2.45, 2.75) is 206 Å². The molecule has 4 nitrogen and oxygen atoms in total. The SMILES string of the molecule is CC/C=C\C/C=C\C/C=C\C/C=C\CCCCC(=O)OC(CCCCCCCCCC)CCCCCCCCCCCCC(=O)O. The van der Waals surface area contributed by atoms with E-state index in [1.807, 2.05) is 0 Å². The number of unbranched alkanes of at least 4 members (excludes halogenated alkanes) is 18. The van der Waals surface area contributed by atoms with Crippen LogP contribution < -0.4 is 0 Å². The molecule has 4 heteroatoms. The van der Waals surface area contributed by atoms with Crippen molar-refractivity contribution in [1.82, 2.24) is 0 Å². The number of esters is 1. The van der Waals surface area contributed by atoms with Gasteiger partial charge in [-0.1, -0.05) is 159 Å². The van der Waals surface area contributed by atoms with Crippen LogP contribution in [0.2, 0.25) is 0 Å². The summed E-state index contributed by atoms with van der Waals surface area (Å²) in [5, 5.41) is 8.72. The Morgan fingerprint density at radius 1 is 0.500 bits per heavy atom. The van der Waals surface area contributed by atoms with E-state index in [4.69, 9.17) is 9.84 Å². The molecule has 46 heavy (non-hydrogen) atoms. The van der Waals surface area contributed by atoms with Gasteiger partial charge in [-0.3, -0.25) is 9.59 Å². The summed E-state index contributed by atoms with van der Waals surface area (Å²) in [6.07, 6.45) is 49.9. The maximum Gasteiger partial charge on any atom is 0.306 e. The fraction of sp³-hybridized carbons (Fsp3) is 0.762. The third-order valence-electron chi connectivity index (χ3n) is 8.57. The molecule has 1 atom stereocenters. The van der Waals surface area contributed by atoms with Gasteiger partial charge in [0.2, 0.25) is 0 Å². The van der Waals surface area contributed by atoms with Gasteiger partial charge >= 0.3 is 11.9 Å². The standard InChI is InChI=1S/C42H74O4/c1-3-5-7-9-11-13-14-15-16-17-18-23-27-31-35-39-42(45)46-40(36-32-28-24-12-10-8-6-4-2)37-33-29-25-21-19-20-22-26-30-34-38-41(43)44/h5,7,11,13,15-16,18,23,40H,3-4,6,8-10,12,14,17,19-22,24-39H2,1-2H3,(H,43,44)/b7-5-,13-11-,16-15-,23-18-. The first-order valence-electron chi connectivity index (χ1n) is 19.6. The number of carbonyl (C=O) groups is 2. The van der Waals surface area contributed by atoms with Crippen LogP contribution in [0.1, 0.15) is 200 Å². The van der Waals surface area contributed by atoms with E-state index in [9.17, 15) is 9.59 Å². The average molecular weight is 643 g/mol. The number of ether oxygens (including phenoxy) is 1. The van der Waals surface area contributed by atoms with Crippen molar-refractivity contribution in [3.63, 3.8) is 0 Å². The highest BCUT2D eigenvalue weighted by Crippen LogP contribution is 2.19. The number of aliphatic carboxylic acids is 1. The summed E-state index contributed by atoms with van der Waals surface area (Å²) in [5.74, 6) is -0.679. The van der Waals surface area contributed by atoms with Crippen LogP contribution in [0, 0.1) is 0 Å². The van der Waals surface area contributed by atoms with Gasteiger partial charge in [0, 0.05) is 12.8 Å². The number of allylic oxidation sites excluding steroid dienone is 8. The summed E-state index contributed by atoms with van der Waals surface area (Å²) in [5.41, 5.74) is 0. The van der Waals surface area contributed by atoms with Gasteiger partial charge < -0.3 is 9.84 Å². The van der Waals surface area contributed by atoms with E-state index in [2.05, 4.69) is 62.5 Å². The molecule has 0 aromatic carbocycles. The molecule has 0 rings (SSSR count). The van der Waals surface area contributed by atoms with Gasteiger partial charge in [0.1, 0.15) is 6.10 Å². The highest BCUT2D eigenvalue weighted by atomic mass is 16.5. The van der Waals surface area contributed by atoms with Gasteiger partial charge in [-0.05, 0) is 77.0 Å². The Balaban J connectivity index is 4.13. The Hall–Kier alpha value is -2.10. The molecule has 1 unspecified atom stereocenters. The summed E-state index contributed by atoms with van der Waals surface area (Å²) in [6, 6.07) is 0. The van der Waals surface area contributed by atoms with E-state index >= 15 is 0 Å². The van der Waals surface area contributed by atoms with Crippen molar-refractivity contribution in [2.75, 3.05) is 0 Å². The van der Waals surface area contributed by atoms with Crippen molar-refractivity contribution in [1.29, 1.82) is 0 Å². The highest BCUT2D eigenvalue weighted by molar-refractivity contribution is 5.69. The first kappa shape index (κ1) is 43.9. The lowest BCUT2D eigenvalue weighted by Gasteiger charge is -2.18. The Morgan fingerprint density at radius 2 is 0.913 bits per heavy atom. The molecule has 0 heterocycles. The van der Waals surface area contributed by atoms with Gasteiger partial charge in [0.25, 0.3) is 0 Å². The van der Waals surface area contributed by atoms with Gasteiger partial charge in [-0.15, -0.1) is 0 Å². The largest absolute Gasteiger partial charge is 0.481 e. The van der Waals surface area contributed by atoms with Crippen molar-refractivity contribution in [2.24, 2.45) is 0 Å². The fourth-order valence-corrected chi connectivity index (χ4v) is 5.70. The Labute approximate surface area is 285 Å². The first-order chi connectivity index (χ1) is 22.6. The topological polar surface area (TPSA) is 63.6 Å². The molecule has 0 aliphatic rings. The molecule has 0 saturated carbocycles. The summed E-state index contributed by atoms with van der Waals surface area (Å²) in [7, 11) is 0. The molecule has 1 N–H and O–H groups in total. The van der Waals surface area contributed by atoms with Gasteiger partial charge in [-0.25, -0.2) is 0 Å². The third kappa shape index (κ3) is 36.4. The molecular formula is C42H74O4. The van der Waals surface area contributed by atoms with Crippen LogP contribution in [0.25, 0.3) is 0 Å². The second-order valence-corrected chi connectivity index (χ2v) is 13.1. The molecule has 0 amide bonds. The van der Waals surface area contributed by atoms with Crippen LogP contribution in [-0.2, 0) is 14.3 Å². The molecule has 0 fully saturated rings. The van der Waals surface area contributed by atoms with E-state index in [-0.39, 0.29) is 12.1 Å². The predicted octanol–water partition coefficient (Wildman–Crippen LogP) is 13.6. The number of rotatable bonds is 35. The van der Waals surface area contributed by atoms with E-state index in [1.54, 1.807) is 0 Å². The number of carbonyl (C=O) groups excluding carboxylic acids is 1. The monoisotopic (exact) mass is 643 g/mol. The minimum absolute atomic E-state index is 0.00178. The Bertz CT molecular complexity index is 779. The minimum atomic E-state index is -0.678. The Kier molecular flexibility index (Phi) is 35.7. The smallest absolute Gasteiger partial charge is 0.306 e. The van der Waals surface area contributed by atoms with Crippen LogP contribution in [0.4, 0.5) is 0 Å². The van der Waals surface area contributed by atoms with Crippen LogP contribution in [-0.4, -0.2) is 23.1 Å². The molecule has 0 spiro atoms. The average Bonchev–Trinajstić information content (AvgIpc) is 3.04. The van der Waals surface area contributed by atoms with E-state index in [0.29, 0.717) is 12.8 Å². The number of hydrogen-bond donors (Lipinski definition) is 1. The molecule has 0 saturated heterocycles. The molecule has 0 radical (unpaired) electrons. The van der Waals surface area contributed by atoms with E-state index in [1.165, 1.54) is 89.9 Å². The quantitative estimate of drug-likeness (QED) is 0.0424. The van der Waals surface area contributed by atoms with E-state index < -0.39 is 5.97 Å². The molecule has 0 aromatic rings. The van der Waals surface area contributed by atoms with Crippen molar-refractivity contribution < 1.29 is 19.4 Å². The molecule has 0 aliphatic heterocycles. The van der Waals surface area contributed by atoms with Crippen LogP contribution in [0.3, 0.4) is 0 Å². The van der Waals surface area contributed by atoms with Crippen molar-refractivity contribution in [3.05, 3.63) is 48.6 Å². The zero-order valence-electron chi connectivity index (χ0n) is 30.4. The lowest BCUT2D eigenvalue weighted by molar-refractivity contribution is -0.150. The second kappa shape index (κ2) is 37.4. The maximum absolute atomic E-state index is 12.7. The molecule has 266 valence electrons. The van der Waals surface area contributed by atoms with Crippen molar-refractivity contribution in [3.8, 4) is 0 Å². The van der Waals surface area contributed by atoms with Crippen LogP contribution in [0.15, 0.2) is 48.6 Å². The van der Waals surface area contributed by atoms with Crippen LogP contribution >= 0.6 is 0 Å². The number of carboxylic acids is 1. The summed E-state index contributed by atoms with van der Waals surface area (Å²) >= 11 is 0. The summed E-state index contributed by atoms with van der Waals surface area (Å²) in [6.45, 7) is 4.43. The lowest BCUT2D eigenvalue weighted by atomic mass is 10.0. The normalized spacial score (nSPS) is 12.7. The Morgan fingerprint density at radius 3 is 1.39 bits per heavy atom. The number of carboxylic acid groups (broad SMARTS) is 1. The van der Waals surface area contributed by atoms with Crippen LogP contribution in [0.5, 0.6) is 0 Å². The number of hydrogen-bond acceptors (Lipinski definition) is 3. The fourth-order valence-electron chi connectivity index (χ4n) is 5.70. The predicted molar refractivity (Wildman–Crippen MR) is 199 cm³/mol.